The number of hydrogen-bond acceptors (Lipinski definition) is 4. The first kappa shape index (κ1) is 18.2. The molecule has 0 amide bonds. The molecule has 0 saturated heterocycles. The Labute approximate surface area is 142 Å². The summed E-state index contributed by atoms with van der Waals surface area (Å²) in [5.74, 6) is 5.23. The van der Waals surface area contributed by atoms with Gasteiger partial charge in [-0.1, -0.05) is 42.2 Å². The number of benzene rings is 2. The lowest BCUT2D eigenvalue weighted by molar-refractivity contribution is 0.251. The van der Waals surface area contributed by atoms with E-state index in [2.05, 4.69) is 11.8 Å². The second-order valence-corrected chi connectivity index (χ2v) is 6.97. The van der Waals surface area contributed by atoms with Gasteiger partial charge in [-0.15, -0.1) is 0 Å². The number of aliphatic hydroxyl groups excluding tert-OH is 2. The minimum Gasteiger partial charge on any atom is -0.395 e. The third kappa shape index (κ3) is 4.66. The molecule has 0 aromatic heterocycles. The molecule has 0 unspecified atom stereocenters. The highest BCUT2D eigenvalue weighted by molar-refractivity contribution is 7.89. The van der Waals surface area contributed by atoms with Crippen molar-refractivity contribution in [3.63, 3.8) is 0 Å². The van der Waals surface area contributed by atoms with Crippen LogP contribution in [0.15, 0.2) is 59.5 Å². The van der Waals surface area contributed by atoms with Crippen LogP contribution in [0.4, 0.5) is 0 Å². The molecule has 2 rings (SSSR count). The summed E-state index contributed by atoms with van der Waals surface area (Å²) in [7, 11) is -3.72. The van der Waals surface area contributed by atoms with Gasteiger partial charge in [0, 0.05) is 18.7 Å². The SMILES string of the molecule is O=S(=O)(c1ccc(C#CCO)cc1)N(CCO)Cc1ccccc1. The van der Waals surface area contributed by atoms with Crippen LogP contribution in [0.2, 0.25) is 0 Å². The first-order valence-electron chi connectivity index (χ1n) is 7.42. The normalized spacial score (nSPS) is 11.1. The van der Waals surface area contributed by atoms with Crippen LogP contribution in [0.3, 0.4) is 0 Å². The largest absolute Gasteiger partial charge is 0.395 e. The van der Waals surface area contributed by atoms with Gasteiger partial charge in [-0.3, -0.25) is 0 Å². The highest BCUT2D eigenvalue weighted by Gasteiger charge is 2.24. The third-order valence-corrected chi connectivity index (χ3v) is 5.21. The second-order valence-electron chi connectivity index (χ2n) is 5.03. The van der Waals surface area contributed by atoms with Crippen LogP contribution in [0.1, 0.15) is 11.1 Å². The summed E-state index contributed by atoms with van der Waals surface area (Å²) in [6.07, 6.45) is 0. The summed E-state index contributed by atoms with van der Waals surface area (Å²) in [5.41, 5.74) is 1.47. The quantitative estimate of drug-likeness (QED) is 0.772. The molecule has 0 heterocycles. The van der Waals surface area contributed by atoms with Crippen molar-refractivity contribution in [2.75, 3.05) is 19.8 Å². The first-order chi connectivity index (χ1) is 11.6. The van der Waals surface area contributed by atoms with Gasteiger partial charge in [0.2, 0.25) is 10.0 Å². The molecule has 0 aliphatic rings. The predicted octanol–water partition coefficient (Wildman–Crippen LogP) is 1.21. The minimum atomic E-state index is -3.72. The molecule has 2 aromatic rings. The topological polar surface area (TPSA) is 77.8 Å². The van der Waals surface area contributed by atoms with E-state index in [1.54, 1.807) is 12.1 Å². The second kappa shape index (κ2) is 8.62. The molecule has 0 atom stereocenters. The van der Waals surface area contributed by atoms with Crippen molar-refractivity contribution in [1.29, 1.82) is 0 Å². The molecule has 0 saturated carbocycles. The standard InChI is InChI=1S/C18H19NO4S/c20-13-4-7-16-8-10-18(11-9-16)24(22,23)19(12-14-21)15-17-5-2-1-3-6-17/h1-3,5-6,8-11,20-21H,12-15H2. The van der Waals surface area contributed by atoms with Crippen molar-refractivity contribution in [2.24, 2.45) is 0 Å². The van der Waals surface area contributed by atoms with E-state index < -0.39 is 10.0 Å². The predicted molar refractivity (Wildman–Crippen MR) is 91.5 cm³/mol. The maximum Gasteiger partial charge on any atom is 0.243 e. The molecule has 24 heavy (non-hydrogen) atoms. The lowest BCUT2D eigenvalue weighted by atomic mass is 10.2. The zero-order valence-electron chi connectivity index (χ0n) is 13.1. The molecule has 0 aliphatic carbocycles. The molecule has 0 bridgehead atoms. The zero-order chi connectivity index (χ0) is 17.4. The summed E-state index contributed by atoms with van der Waals surface area (Å²) in [5, 5.41) is 17.9. The maximum atomic E-state index is 12.8. The van der Waals surface area contributed by atoms with Gasteiger partial charge in [0.05, 0.1) is 11.5 Å². The van der Waals surface area contributed by atoms with Crippen molar-refractivity contribution in [3.8, 4) is 11.8 Å². The van der Waals surface area contributed by atoms with Crippen molar-refractivity contribution in [3.05, 3.63) is 65.7 Å². The van der Waals surface area contributed by atoms with Crippen molar-refractivity contribution in [2.45, 2.75) is 11.4 Å². The van der Waals surface area contributed by atoms with Crippen LogP contribution in [-0.2, 0) is 16.6 Å². The zero-order valence-corrected chi connectivity index (χ0v) is 13.9. The van der Waals surface area contributed by atoms with Crippen LogP contribution in [0.5, 0.6) is 0 Å². The van der Waals surface area contributed by atoms with Crippen molar-refractivity contribution >= 4 is 10.0 Å². The lowest BCUT2D eigenvalue weighted by Crippen LogP contribution is -2.33. The molecule has 0 fully saturated rings. The van der Waals surface area contributed by atoms with Crippen LogP contribution in [0, 0.1) is 11.8 Å². The van der Waals surface area contributed by atoms with Gasteiger partial charge >= 0.3 is 0 Å². The Morgan fingerprint density at radius 3 is 2.21 bits per heavy atom. The smallest absolute Gasteiger partial charge is 0.243 e. The van der Waals surface area contributed by atoms with Gasteiger partial charge in [-0.25, -0.2) is 8.42 Å². The fourth-order valence-electron chi connectivity index (χ4n) is 2.18. The van der Waals surface area contributed by atoms with E-state index in [1.807, 2.05) is 30.3 Å². The number of aliphatic hydroxyl groups is 2. The number of rotatable bonds is 6. The van der Waals surface area contributed by atoms with Gasteiger partial charge in [0.25, 0.3) is 0 Å². The Morgan fingerprint density at radius 2 is 1.62 bits per heavy atom. The monoisotopic (exact) mass is 345 g/mol. The molecule has 0 aliphatic heterocycles. The van der Waals surface area contributed by atoms with Gasteiger partial charge in [-0.2, -0.15) is 4.31 Å². The summed E-state index contributed by atoms with van der Waals surface area (Å²) in [6, 6.07) is 15.4. The number of nitrogens with zero attached hydrogens (tertiary/aromatic N) is 1. The first-order valence-corrected chi connectivity index (χ1v) is 8.86. The van der Waals surface area contributed by atoms with E-state index in [9.17, 15) is 13.5 Å². The van der Waals surface area contributed by atoms with E-state index in [0.29, 0.717) is 5.56 Å². The van der Waals surface area contributed by atoms with Crippen LogP contribution >= 0.6 is 0 Å². The molecule has 2 aromatic carbocycles. The molecule has 2 N–H and O–H groups in total. The van der Waals surface area contributed by atoms with E-state index in [4.69, 9.17) is 5.11 Å². The fourth-order valence-corrected chi connectivity index (χ4v) is 3.60. The maximum absolute atomic E-state index is 12.8. The number of hydrogen-bond donors (Lipinski definition) is 2. The van der Waals surface area contributed by atoms with E-state index >= 15 is 0 Å². The molecule has 0 radical (unpaired) electrons. The molecule has 0 spiro atoms. The summed E-state index contributed by atoms with van der Waals surface area (Å²) in [6.45, 7) is -0.299. The van der Waals surface area contributed by atoms with Crippen LogP contribution < -0.4 is 0 Å². The Bertz CT molecular complexity index is 806. The van der Waals surface area contributed by atoms with E-state index in [0.717, 1.165) is 5.56 Å². The third-order valence-electron chi connectivity index (χ3n) is 3.36. The Morgan fingerprint density at radius 1 is 0.958 bits per heavy atom. The summed E-state index contributed by atoms with van der Waals surface area (Å²) < 4.78 is 26.8. The Hall–Kier alpha value is -2.17. The lowest BCUT2D eigenvalue weighted by Gasteiger charge is -2.21. The Kier molecular flexibility index (Phi) is 6.53. The highest BCUT2D eigenvalue weighted by Crippen LogP contribution is 2.18. The molecule has 6 heteroatoms. The van der Waals surface area contributed by atoms with Crippen LogP contribution in [-0.4, -0.2) is 42.7 Å². The van der Waals surface area contributed by atoms with Gasteiger partial charge < -0.3 is 10.2 Å². The summed E-state index contributed by atoms with van der Waals surface area (Å²) in [4.78, 5) is 0.140. The van der Waals surface area contributed by atoms with Crippen molar-refractivity contribution in [1.82, 2.24) is 4.31 Å². The van der Waals surface area contributed by atoms with Gasteiger partial charge in [-0.05, 0) is 29.8 Å². The molecule has 5 nitrogen and oxygen atoms in total. The molecular weight excluding hydrogens is 326 g/mol. The Balaban J connectivity index is 2.27. The molecule has 126 valence electrons. The van der Waals surface area contributed by atoms with Crippen LogP contribution in [0.25, 0.3) is 0 Å². The highest BCUT2D eigenvalue weighted by atomic mass is 32.2. The van der Waals surface area contributed by atoms with Gasteiger partial charge in [0.15, 0.2) is 0 Å². The van der Waals surface area contributed by atoms with E-state index in [-0.39, 0.29) is 31.2 Å². The minimum absolute atomic E-state index is 0.0172. The number of sulfonamides is 1. The average Bonchev–Trinajstić information content (AvgIpc) is 2.61. The van der Waals surface area contributed by atoms with E-state index in [1.165, 1.54) is 16.4 Å². The van der Waals surface area contributed by atoms with Gasteiger partial charge in [0.1, 0.15) is 6.61 Å². The average molecular weight is 345 g/mol. The van der Waals surface area contributed by atoms with Crippen molar-refractivity contribution < 1.29 is 18.6 Å². The fraction of sp³-hybridized carbons (Fsp3) is 0.222. The summed E-state index contributed by atoms with van der Waals surface area (Å²) >= 11 is 0. The molecular formula is C18H19NO4S.